The molecule has 0 saturated heterocycles. The Morgan fingerprint density at radius 2 is 1.75 bits per heavy atom. The second kappa shape index (κ2) is 5.91. The van der Waals surface area contributed by atoms with Crippen molar-refractivity contribution in [1.29, 1.82) is 0 Å². The third kappa shape index (κ3) is 2.90. The van der Waals surface area contributed by atoms with Gasteiger partial charge in [0.25, 0.3) is 0 Å². The SMILES string of the molecule is O=C(C=Cc1ccccc1)Nc1c[se]c2ccccc12. The Morgan fingerprint density at radius 3 is 2.60 bits per heavy atom. The summed E-state index contributed by atoms with van der Waals surface area (Å²) < 4.78 is 1.32. The number of carbonyl (C=O) groups is 1. The number of fused-ring (bicyclic) bond motifs is 1. The molecule has 3 heteroatoms. The summed E-state index contributed by atoms with van der Waals surface area (Å²) in [6, 6.07) is 18.0. The van der Waals surface area contributed by atoms with E-state index in [4.69, 9.17) is 0 Å². The average molecular weight is 326 g/mol. The molecule has 2 nitrogen and oxygen atoms in total. The molecule has 0 bridgehead atoms. The fourth-order valence-corrected chi connectivity index (χ4v) is 3.86. The van der Waals surface area contributed by atoms with Gasteiger partial charge in [-0.25, -0.2) is 0 Å². The van der Waals surface area contributed by atoms with E-state index in [1.165, 1.54) is 4.26 Å². The second-order valence-electron chi connectivity index (χ2n) is 4.38. The van der Waals surface area contributed by atoms with Gasteiger partial charge in [-0.3, -0.25) is 0 Å². The van der Waals surface area contributed by atoms with E-state index in [1.54, 1.807) is 6.08 Å². The van der Waals surface area contributed by atoms with Crippen LogP contribution in [0.3, 0.4) is 0 Å². The summed E-state index contributed by atoms with van der Waals surface area (Å²) in [5.41, 5.74) is 1.95. The Balaban J connectivity index is 1.75. The number of rotatable bonds is 3. The van der Waals surface area contributed by atoms with Crippen molar-refractivity contribution in [3.63, 3.8) is 0 Å². The molecule has 1 N–H and O–H groups in total. The number of nitrogens with one attached hydrogen (secondary N) is 1. The van der Waals surface area contributed by atoms with Crippen molar-refractivity contribution in [3.8, 4) is 0 Å². The van der Waals surface area contributed by atoms with Crippen LogP contribution in [0.15, 0.2) is 65.6 Å². The Labute approximate surface area is 123 Å². The molecular weight excluding hydrogens is 313 g/mol. The number of hydrogen-bond acceptors (Lipinski definition) is 1. The molecule has 0 unspecified atom stereocenters. The minimum atomic E-state index is -0.0902. The Morgan fingerprint density at radius 1 is 1.00 bits per heavy atom. The van der Waals surface area contributed by atoms with Gasteiger partial charge in [0.1, 0.15) is 0 Å². The average Bonchev–Trinajstić information content (AvgIpc) is 2.90. The molecule has 0 aliphatic heterocycles. The standard InChI is InChI=1S/C17H13NOSe/c19-17(11-10-13-6-2-1-3-7-13)18-15-12-20-16-9-5-4-8-14(15)16/h1-12H,(H,18,19). The topological polar surface area (TPSA) is 29.1 Å². The van der Waals surface area contributed by atoms with Gasteiger partial charge in [-0.15, -0.1) is 0 Å². The van der Waals surface area contributed by atoms with E-state index in [-0.39, 0.29) is 5.91 Å². The fourth-order valence-electron chi connectivity index (χ4n) is 1.99. The van der Waals surface area contributed by atoms with Crippen molar-refractivity contribution in [2.75, 3.05) is 5.32 Å². The van der Waals surface area contributed by atoms with Crippen LogP contribution >= 0.6 is 0 Å². The van der Waals surface area contributed by atoms with Gasteiger partial charge in [0, 0.05) is 0 Å². The molecule has 2 aromatic carbocycles. The number of hydrogen-bond donors (Lipinski definition) is 1. The Bertz CT molecular complexity index is 759. The van der Waals surface area contributed by atoms with Gasteiger partial charge in [0.15, 0.2) is 0 Å². The Hall–Kier alpha value is -2.09. The van der Waals surface area contributed by atoms with Crippen LogP contribution in [0.1, 0.15) is 5.56 Å². The zero-order valence-corrected chi connectivity index (χ0v) is 12.5. The number of benzene rings is 2. The summed E-state index contributed by atoms with van der Waals surface area (Å²) in [6.45, 7) is 0. The van der Waals surface area contributed by atoms with E-state index in [0.717, 1.165) is 16.6 Å². The van der Waals surface area contributed by atoms with Crippen LogP contribution in [0, 0.1) is 0 Å². The summed E-state index contributed by atoms with van der Waals surface area (Å²) in [4.78, 5) is 14.1. The molecule has 3 rings (SSSR count). The molecule has 0 spiro atoms. The van der Waals surface area contributed by atoms with Gasteiger partial charge in [-0.1, -0.05) is 0 Å². The van der Waals surface area contributed by atoms with Crippen molar-refractivity contribution >= 4 is 41.8 Å². The normalized spacial score (nSPS) is 11.0. The third-order valence-electron chi connectivity index (χ3n) is 2.97. The van der Waals surface area contributed by atoms with Crippen LogP contribution in [0.4, 0.5) is 5.69 Å². The molecule has 0 atom stereocenters. The van der Waals surface area contributed by atoms with E-state index in [9.17, 15) is 4.79 Å². The van der Waals surface area contributed by atoms with Crippen molar-refractivity contribution in [2.45, 2.75) is 0 Å². The van der Waals surface area contributed by atoms with E-state index in [1.807, 2.05) is 48.5 Å². The molecule has 0 fully saturated rings. The molecular formula is C17H13NOSe. The van der Waals surface area contributed by atoms with Crippen molar-refractivity contribution in [1.82, 2.24) is 0 Å². The van der Waals surface area contributed by atoms with Crippen molar-refractivity contribution in [3.05, 3.63) is 71.2 Å². The van der Waals surface area contributed by atoms with Crippen LogP contribution in [-0.2, 0) is 4.79 Å². The molecule has 1 aromatic heterocycles. The number of anilines is 1. The Kier molecular flexibility index (Phi) is 3.82. The first-order valence-electron chi connectivity index (χ1n) is 6.33. The summed E-state index contributed by atoms with van der Waals surface area (Å²) in [6.07, 6.45) is 3.39. The maximum atomic E-state index is 12.0. The first-order chi connectivity index (χ1) is 9.83. The van der Waals surface area contributed by atoms with Gasteiger partial charge < -0.3 is 0 Å². The van der Waals surface area contributed by atoms with E-state index in [2.05, 4.69) is 22.4 Å². The maximum absolute atomic E-state index is 12.0. The summed E-state index contributed by atoms with van der Waals surface area (Å²) in [5, 5.41) is 4.10. The molecule has 0 radical (unpaired) electrons. The number of carbonyl (C=O) groups excluding carboxylic acids is 1. The molecule has 1 amide bonds. The number of amides is 1. The van der Waals surface area contributed by atoms with Gasteiger partial charge in [0.05, 0.1) is 0 Å². The van der Waals surface area contributed by atoms with Crippen LogP contribution in [-0.4, -0.2) is 20.4 Å². The monoisotopic (exact) mass is 327 g/mol. The van der Waals surface area contributed by atoms with Crippen LogP contribution in [0.2, 0.25) is 0 Å². The molecule has 1 heterocycles. The summed E-state index contributed by atoms with van der Waals surface area (Å²) in [7, 11) is 0. The van der Waals surface area contributed by atoms with Crippen LogP contribution < -0.4 is 5.32 Å². The molecule has 20 heavy (non-hydrogen) atoms. The summed E-state index contributed by atoms with van der Waals surface area (Å²) in [5.74, 6) is -0.0902. The first kappa shape index (κ1) is 12.9. The van der Waals surface area contributed by atoms with Gasteiger partial charge in [-0.2, -0.15) is 0 Å². The quantitative estimate of drug-likeness (QED) is 0.579. The predicted molar refractivity (Wildman–Crippen MR) is 85.0 cm³/mol. The molecule has 3 aromatic rings. The second-order valence-corrected chi connectivity index (χ2v) is 6.29. The minimum absolute atomic E-state index is 0.0902. The van der Waals surface area contributed by atoms with Gasteiger partial charge >= 0.3 is 123 Å². The predicted octanol–water partition coefficient (Wildman–Crippen LogP) is 3.55. The zero-order chi connectivity index (χ0) is 13.8. The van der Waals surface area contributed by atoms with Gasteiger partial charge in [-0.05, 0) is 0 Å². The molecule has 0 aliphatic rings. The molecule has 98 valence electrons. The van der Waals surface area contributed by atoms with Crippen LogP contribution in [0.25, 0.3) is 15.7 Å². The summed E-state index contributed by atoms with van der Waals surface area (Å²) >= 11 is 0.322. The molecule has 0 saturated carbocycles. The molecule has 0 aliphatic carbocycles. The van der Waals surface area contributed by atoms with Crippen LogP contribution in [0.5, 0.6) is 0 Å². The van der Waals surface area contributed by atoms with E-state index < -0.39 is 0 Å². The van der Waals surface area contributed by atoms with Crippen molar-refractivity contribution < 1.29 is 4.79 Å². The first-order valence-corrected chi connectivity index (χ1v) is 8.18. The van der Waals surface area contributed by atoms with Crippen molar-refractivity contribution in [2.24, 2.45) is 0 Å². The third-order valence-corrected chi connectivity index (χ3v) is 4.99. The zero-order valence-electron chi connectivity index (χ0n) is 10.7. The van der Waals surface area contributed by atoms with E-state index in [0.29, 0.717) is 14.5 Å². The fraction of sp³-hybridized carbons (Fsp3) is 0. The van der Waals surface area contributed by atoms with E-state index >= 15 is 0 Å². The van der Waals surface area contributed by atoms with Gasteiger partial charge in [0.2, 0.25) is 0 Å².